The molecule has 3 unspecified atom stereocenters. The summed E-state index contributed by atoms with van der Waals surface area (Å²) in [6.07, 6.45) is 6.80. The number of hydrogen-bond donors (Lipinski definition) is 4. The molecule has 1 saturated heterocycles. The first-order valence-corrected chi connectivity index (χ1v) is 14.9. The van der Waals surface area contributed by atoms with Crippen LogP contribution in [0.15, 0.2) is 54.7 Å². The summed E-state index contributed by atoms with van der Waals surface area (Å²) in [4.78, 5) is 55.5. The van der Waals surface area contributed by atoms with Gasteiger partial charge in [-0.15, -0.1) is 0 Å². The Hall–Kier alpha value is -4.19. The summed E-state index contributed by atoms with van der Waals surface area (Å²) < 4.78 is 11.4. The number of carboxylic acids is 1. The number of nitrogens with zero attached hydrogens (tertiary/aromatic N) is 2. The number of pyridine rings is 1. The number of likely N-dealkylation sites (tertiary alicyclic amines) is 1. The second-order valence-electron chi connectivity index (χ2n) is 11.1. The lowest BCUT2D eigenvalue weighted by Crippen LogP contribution is -2.49. The molecule has 1 saturated carbocycles. The van der Waals surface area contributed by atoms with Gasteiger partial charge in [-0.05, 0) is 42.9 Å². The number of rotatable bonds is 14. The number of nitrogens with one attached hydrogen (secondary N) is 3. The van der Waals surface area contributed by atoms with Crippen LogP contribution < -0.4 is 16.0 Å². The second kappa shape index (κ2) is 16.4. The minimum Gasteiger partial charge on any atom is -0.480 e. The monoisotopic (exact) mass is 595 g/mol. The van der Waals surface area contributed by atoms with E-state index < -0.39 is 30.1 Å². The highest BCUT2D eigenvalue weighted by Gasteiger charge is 2.37. The number of aromatic nitrogens is 1. The molecule has 0 spiro atoms. The maximum atomic E-state index is 13.0. The van der Waals surface area contributed by atoms with Gasteiger partial charge in [0.1, 0.15) is 25.1 Å². The molecule has 0 bridgehead atoms. The molecule has 2 heterocycles. The fourth-order valence-electron chi connectivity index (χ4n) is 5.47. The van der Waals surface area contributed by atoms with E-state index in [0.29, 0.717) is 25.2 Å². The van der Waals surface area contributed by atoms with Crippen LogP contribution >= 0.6 is 0 Å². The van der Waals surface area contributed by atoms with Crippen molar-refractivity contribution in [2.45, 2.75) is 69.7 Å². The van der Waals surface area contributed by atoms with E-state index in [-0.39, 0.29) is 44.2 Å². The molecule has 2 aromatic rings. The van der Waals surface area contributed by atoms with Crippen molar-refractivity contribution in [3.63, 3.8) is 0 Å². The van der Waals surface area contributed by atoms with Gasteiger partial charge in [0.05, 0.1) is 18.7 Å². The quantitative estimate of drug-likeness (QED) is 0.258. The second-order valence-corrected chi connectivity index (χ2v) is 11.1. The van der Waals surface area contributed by atoms with Crippen molar-refractivity contribution in [1.82, 2.24) is 20.5 Å². The Morgan fingerprint density at radius 1 is 1.00 bits per heavy atom. The third kappa shape index (κ3) is 10.5. The van der Waals surface area contributed by atoms with Crippen LogP contribution in [-0.2, 0) is 30.5 Å². The van der Waals surface area contributed by atoms with Crippen LogP contribution in [0, 0.1) is 5.92 Å². The van der Waals surface area contributed by atoms with Crippen molar-refractivity contribution in [3.8, 4) is 0 Å². The highest BCUT2D eigenvalue weighted by atomic mass is 16.6. The Morgan fingerprint density at radius 2 is 1.77 bits per heavy atom. The number of carboxylic acid groups (broad SMARTS) is 1. The zero-order valence-electron chi connectivity index (χ0n) is 24.3. The number of amides is 3. The lowest BCUT2D eigenvalue weighted by Gasteiger charge is -2.24. The largest absolute Gasteiger partial charge is 0.480 e. The van der Waals surface area contributed by atoms with Crippen LogP contribution in [0.25, 0.3) is 0 Å². The van der Waals surface area contributed by atoms with E-state index in [4.69, 9.17) is 9.47 Å². The van der Waals surface area contributed by atoms with E-state index in [2.05, 4.69) is 20.9 Å². The van der Waals surface area contributed by atoms with Gasteiger partial charge in [0, 0.05) is 25.7 Å². The Bertz CT molecular complexity index is 1190. The third-order valence-electron chi connectivity index (χ3n) is 7.79. The molecule has 232 valence electrons. The average molecular weight is 596 g/mol. The van der Waals surface area contributed by atoms with Gasteiger partial charge in [0.2, 0.25) is 11.8 Å². The number of ether oxygens (including phenoxy) is 2. The van der Waals surface area contributed by atoms with Crippen LogP contribution in [0.3, 0.4) is 0 Å². The third-order valence-corrected chi connectivity index (χ3v) is 7.79. The fourth-order valence-corrected chi connectivity index (χ4v) is 5.47. The molecule has 3 atom stereocenters. The standard InChI is InChI=1S/C31H41N5O7/c37-28(15-22-9-3-1-4-10-22)35-26(30(39)40)18-34-29(38)21-42-25-16-24(17-33-27-13-7-8-14-32-27)36(19-25)31(41)43-20-23-11-5-2-6-12-23/h2,5-8,11-14,22,24-26H,1,3-4,9-10,15-21H2,(H,32,33)(H,34,38)(H,35,37)(H,39,40). The molecule has 3 amide bonds. The summed E-state index contributed by atoms with van der Waals surface area (Å²) in [5, 5.41) is 17.8. The lowest BCUT2D eigenvalue weighted by atomic mass is 9.87. The fraction of sp³-hybridized carbons (Fsp3) is 0.516. The molecule has 1 aromatic carbocycles. The van der Waals surface area contributed by atoms with E-state index in [0.717, 1.165) is 31.2 Å². The molecule has 4 rings (SSSR count). The SMILES string of the molecule is O=C(COC1CC(CNc2ccccn2)N(C(=O)OCc2ccccc2)C1)NCC(NC(=O)CC1CCCCC1)C(=O)O. The van der Waals surface area contributed by atoms with Crippen LogP contribution in [-0.4, -0.2) is 83.3 Å². The van der Waals surface area contributed by atoms with Crippen molar-refractivity contribution >= 4 is 29.7 Å². The zero-order chi connectivity index (χ0) is 30.4. The molecule has 2 aliphatic rings. The highest BCUT2D eigenvalue weighted by molar-refractivity contribution is 5.85. The minimum absolute atomic E-state index is 0.131. The normalized spacial score (nSPS) is 19.3. The van der Waals surface area contributed by atoms with E-state index in [1.165, 1.54) is 6.42 Å². The zero-order valence-corrected chi connectivity index (χ0v) is 24.3. The van der Waals surface area contributed by atoms with Gasteiger partial charge in [0.25, 0.3) is 0 Å². The van der Waals surface area contributed by atoms with Crippen molar-refractivity contribution in [3.05, 3.63) is 60.3 Å². The summed E-state index contributed by atoms with van der Waals surface area (Å²) in [5.74, 6) is -1.11. The number of carbonyl (C=O) groups excluding carboxylic acids is 3. The van der Waals surface area contributed by atoms with E-state index >= 15 is 0 Å². The topological polar surface area (TPSA) is 159 Å². The van der Waals surface area contributed by atoms with E-state index in [1.54, 1.807) is 11.1 Å². The van der Waals surface area contributed by atoms with Gasteiger partial charge < -0.3 is 35.4 Å². The van der Waals surface area contributed by atoms with Crippen molar-refractivity contribution in [2.24, 2.45) is 5.92 Å². The van der Waals surface area contributed by atoms with Crippen LogP contribution in [0.2, 0.25) is 0 Å². The molecule has 0 radical (unpaired) electrons. The maximum absolute atomic E-state index is 13.0. The summed E-state index contributed by atoms with van der Waals surface area (Å²) in [7, 11) is 0. The molecular formula is C31H41N5O7. The number of hydrogen-bond acceptors (Lipinski definition) is 8. The molecule has 2 fully saturated rings. The average Bonchev–Trinajstić information content (AvgIpc) is 3.44. The van der Waals surface area contributed by atoms with Crippen LogP contribution in [0.5, 0.6) is 0 Å². The highest BCUT2D eigenvalue weighted by Crippen LogP contribution is 2.26. The first-order valence-electron chi connectivity index (χ1n) is 14.9. The molecular weight excluding hydrogens is 554 g/mol. The Morgan fingerprint density at radius 3 is 2.49 bits per heavy atom. The molecule has 12 heteroatoms. The lowest BCUT2D eigenvalue weighted by molar-refractivity contribution is -0.142. The van der Waals surface area contributed by atoms with E-state index in [1.807, 2.05) is 48.5 Å². The smallest absolute Gasteiger partial charge is 0.410 e. The first-order chi connectivity index (χ1) is 20.9. The Kier molecular flexibility index (Phi) is 12.1. The van der Waals surface area contributed by atoms with Gasteiger partial charge in [-0.2, -0.15) is 0 Å². The van der Waals surface area contributed by atoms with Crippen molar-refractivity contribution < 1.29 is 33.8 Å². The van der Waals surface area contributed by atoms with E-state index in [9.17, 15) is 24.3 Å². The Labute approximate surface area is 251 Å². The molecule has 12 nitrogen and oxygen atoms in total. The number of anilines is 1. The van der Waals surface area contributed by atoms with Crippen molar-refractivity contribution in [1.29, 1.82) is 0 Å². The van der Waals surface area contributed by atoms with Gasteiger partial charge in [0.15, 0.2) is 0 Å². The van der Waals surface area contributed by atoms with Crippen LogP contribution in [0.1, 0.15) is 50.5 Å². The summed E-state index contributed by atoms with van der Waals surface area (Å²) in [6.45, 7) is 0.189. The van der Waals surface area contributed by atoms with Crippen LogP contribution in [0.4, 0.5) is 10.6 Å². The predicted molar refractivity (Wildman–Crippen MR) is 158 cm³/mol. The number of carbonyl (C=O) groups is 4. The summed E-state index contributed by atoms with van der Waals surface area (Å²) >= 11 is 0. The minimum atomic E-state index is -1.23. The molecule has 1 aromatic heterocycles. The van der Waals surface area contributed by atoms with Gasteiger partial charge in [-0.1, -0.05) is 55.7 Å². The molecule has 1 aliphatic heterocycles. The summed E-state index contributed by atoms with van der Waals surface area (Å²) in [5.41, 5.74) is 0.868. The number of benzene rings is 1. The predicted octanol–water partition coefficient (Wildman–Crippen LogP) is 2.95. The first kappa shape index (κ1) is 31.7. The molecule has 43 heavy (non-hydrogen) atoms. The molecule has 1 aliphatic carbocycles. The van der Waals surface area contributed by atoms with Gasteiger partial charge in [-0.25, -0.2) is 14.6 Å². The van der Waals surface area contributed by atoms with Gasteiger partial charge >= 0.3 is 12.1 Å². The van der Waals surface area contributed by atoms with Crippen molar-refractivity contribution in [2.75, 3.05) is 31.6 Å². The Balaban J connectivity index is 1.24. The maximum Gasteiger partial charge on any atom is 0.410 e. The van der Waals surface area contributed by atoms with Gasteiger partial charge in [-0.3, -0.25) is 9.59 Å². The molecule has 4 N–H and O–H groups in total. The summed E-state index contributed by atoms with van der Waals surface area (Å²) in [6, 6.07) is 13.4. The number of aliphatic carboxylic acids is 1.